The molecule has 0 N–H and O–H groups in total. The molecule has 0 fully saturated rings. The first-order valence-electron chi connectivity index (χ1n) is 6.79. The summed E-state index contributed by atoms with van der Waals surface area (Å²) in [6, 6.07) is 15.4. The van der Waals surface area contributed by atoms with Crippen molar-refractivity contribution in [1.82, 2.24) is 0 Å². The Balaban J connectivity index is 1.73. The van der Waals surface area contributed by atoms with Crippen molar-refractivity contribution in [3.05, 3.63) is 70.2 Å². The lowest BCUT2D eigenvalue weighted by Crippen LogP contribution is -2.12. The molecule has 0 aromatic heterocycles. The number of aliphatic imine (C=N–C) groups is 1. The number of hydrogen-bond acceptors (Lipinski definition) is 3. The molecular formula is C17H14ClNOS. The van der Waals surface area contributed by atoms with Crippen molar-refractivity contribution >= 4 is 34.2 Å². The summed E-state index contributed by atoms with van der Waals surface area (Å²) < 4.78 is 0. The fourth-order valence-corrected chi connectivity index (χ4v) is 3.53. The number of Topliss-reactive ketones (excluding diaryl/α,β-unsaturated/α-hetero) is 1. The van der Waals surface area contributed by atoms with Gasteiger partial charge in [-0.05, 0) is 24.1 Å². The van der Waals surface area contributed by atoms with Gasteiger partial charge in [0.2, 0.25) is 0 Å². The second-order valence-corrected chi connectivity index (χ2v) is 6.16. The van der Waals surface area contributed by atoms with Crippen molar-refractivity contribution in [2.24, 2.45) is 4.99 Å². The molecule has 0 spiro atoms. The number of rotatable bonds is 3. The van der Waals surface area contributed by atoms with Crippen LogP contribution in [0.25, 0.3) is 0 Å². The van der Waals surface area contributed by atoms with Crippen molar-refractivity contribution in [2.45, 2.75) is 6.42 Å². The lowest BCUT2D eigenvalue weighted by molar-refractivity contribution is 0.102. The van der Waals surface area contributed by atoms with Gasteiger partial charge >= 0.3 is 0 Å². The molecule has 2 nitrogen and oxygen atoms in total. The summed E-state index contributed by atoms with van der Waals surface area (Å²) >= 11 is 7.55. The standard InChI is InChI=1S/C17H14ClNOS/c18-15-8-4-3-7-14(15)16(20)11-21-17-13-6-2-1-5-12(13)9-10-19-17/h1-8H,9-11H2. The number of halogens is 1. The Kier molecular flexibility index (Phi) is 4.42. The van der Waals surface area contributed by atoms with E-state index < -0.39 is 0 Å². The first-order valence-corrected chi connectivity index (χ1v) is 8.15. The largest absolute Gasteiger partial charge is 0.293 e. The Hall–Kier alpha value is -1.58. The molecule has 0 bridgehead atoms. The van der Waals surface area contributed by atoms with Gasteiger partial charge in [0.15, 0.2) is 5.78 Å². The van der Waals surface area contributed by atoms with E-state index in [2.05, 4.69) is 17.1 Å². The van der Waals surface area contributed by atoms with E-state index in [1.54, 1.807) is 12.1 Å². The van der Waals surface area contributed by atoms with Gasteiger partial charge in [-0.25, -0.2) is 0 Å². The second-order valence-electron chi connectivity index (χ2n) is 4.79. The second kappa shape index (κ2) is 6.46. The van der Waals surface area contributed by atoms with Crippen LogP contribution in [-0.4, -0.2) is 23.1 Å². The normalized spacial score (nSPS) is 13.5. The average molecular weight is 316 g/mol. The zero-order valence-corrected chi connectivity index (χ0v) is 13.0. The van der Waals surface area contributed by atoms with Crippen molar-refractivity contribution in [2.75, 3.05) is 12.3 Å². The molecule has 0 aliphatic carbocycles. The smallest absolute Gasteiger partial charge is 0.174 e. The zero-order valence-electron chi connectivity index (χ0n) is 11.4. The molecule has 2 aromatic rings. The van der Waals surface area contributed by atoms with Gasteiger partial charge in [-0.2, -0.15) is 0 Å². The highest BCUT2D eigenvalue weighted by molar-refractivity contribution is 8.15. The van der Waals surface area contributed by atoms with Gasteiger partial charge in [-0.15, -0.1) is 0 Å². The van der Waals surface area contributed by atoms with Crippen LogP contribution >= 0.6 is 23.4 Å². The molecule has 4 heteroatoms. The van der Waals surface area contributed by atoms with Crippen LogP contribution in [0, 0.1) is 0 Å². The number of thioether (sulfide) groups is 1. The monoisotopic (exact) mass is 315 g/mol. The summed E-state index contributed by atoms with van der Waals surface area (Å²) in [5.74, 6) is 0.396. The average Bonchev–Trinajstić information content (AvgIpc) is 2.53. The molecule has 106 valence electrons. The Labute approximate surface area is 133 Å². The van der Waals surface area contributed by atoms with E-state index in [9.17, 15) is 4.79 Å². The number of fused-ring (bicyclic) bond motifs is 1. The topological polar surface area (TPSA) is 29.4 Å². The van der Waals surface area contributed by atoms with Crippen LogP contribution in [0.3, 0.4) is 0 Å². The molecule has 0 saturated carbocycles. The summed E-state index contributed by atoms with van der Waals surface area (Å²) in [5.41, 5.74) is 3.04. The first-order chi connectivity index (χ1) is 10.3. The molecule has 2 aromatic carbocycles. The van der Waals surface area contributed by atoms with E-state index in [0.29, 0.717) is 16.3 Å². The van der Waals surface area contributed by atoms with Crippen LogP contribution in [0.15, 0.2) is 53.5 Å². The minimum atomic E-state index is 0.0383. The molecule has 1 heterocycles. The number of nitrogens with zero attached hydrogens (tertiary/aromatic N) is 1. The maximum absolute atomic E-state index is 12.3. The summed E-state index contributed by atoms with van der Waals surface area (Å²) in [4.78, 5) is 16.8. The third kappa shape index (κ3) is 3.20. The van der Waals surface area contributed by atoms with Gasteiger partial charge in [-0.1, -0.05) is 59.8 Å². The van der Waals surface area contributed by atoms with Crippen LogP contribution in [0.4, 0.5) is 0 Å². The van der Waals surface area contributed by atoms with Crippen molar-refractivity contribution < 1.29 is 4.79 Å². The van der Waals surface area contributed by atoms with Gasteiger partial charge in [0.05, 0.1) is 15.8 Å². The molecule has 0 unspecified atom stereocenters. The molecule has 1 aliphatic heterocycles. The van der Waals surface area contributed by atoms with Crippen LogP contribution in [-0.2, 0) is 6.42 Å². The number of carbonyl (C=O) groups is 1. The van der Waals surface area contributed by atoms with Gasteiger partial charge < -0.3 is 0 Å². The van der Waals surface area contributed by atoms with E-state index in [-0.39, 0.29) is 5.78 Å². The highest BCUT2D eigenvalue weighted by atomic mass is 35.5. The number of ketones is 1. The maximum Gasteiger partial charge on any atom is 0.174 e. The van der Waals surface area contributed by atoms with Crippen LogP contribution in [0.1, 0.15) is 21.5 Å². The molecule has 0 radical (unpaired) electrons. The van der Waals surface area contributed by atoms with Crippen molar-refractivity contribution in [3.63, 3.8) is 0 Å². The van der Waals surface area contributed by atoms with E-state index in [1.165, 1.54) is 17.3 Å². The maximum atomic E-state index is 12.3. The minimum Gasteiger partial charge on any atom is -0.293 e. The highest BCUT2D eigenvalue weighted by Crippen LogP contribution is 2.24. The molecule has 3 rings (SSSR count). The van der Waals surface area contributed by atoms with Crippen molar-refractivity contribution in [3.8, 4) is 0 Å². The Morgan fingerprint density at radius 3 is 2.76 bits per heavy atom. The first kappa shape index (κ1) is 14.4. The lowest BCUT2D eigenvalue weighted by atomic mass is 10.0. The summed E-state index contributed by atoms with van der Waals surface area (Å²) in [5, 5.41) is 1.46. The minimum absolute atomic E-state index is 0.0383. The van der Waals surface area contributed by atoms with Crippen LogP contribution in [0.2, 0.25) is 5.02 Å². The molecular weight excluding hydrogens is 302 g/mol. The van der Waals surface area contributed by atoms with Gasteiger partial charge in [0.25, 0.3) is 0 Å². The zero-order chi connectivity index (χ0) is 14.7. The summed E-state index contributed by atoms with van der Waals surface area (Å²) in [6.45, 7) is 0.791. The summed E-state index contributed by atoms with van der Waals surface area (Å²) in [6.07, 6.45) is 0.971. The van der Waals surface area contributed by atoms with E-state index >= 15 is 0 Å². The van der Waals surface area contributed by atoms with E-state index in [4.69, 9.17) is 11.6 Å². The van der Waals surface area contributed by atoms with Crippen LogP contribution < -0.4 is 0 Å². The fourth-order valence-electron chi connectivity index (χ4n) is 2.33. The third-order valence-electron chi connectivity index (χ3n) is 3.40. The summed E-state index contributed by atoms with van der Waals surface area (Å²) in [7, 11) is 0. The van der Waals surface area contributed by atoms with Gasteiger partial charge in [0, 0.05) is 17.7 Å². The quantitative estimate of drug-likeness (QED) is 0.792. The van der Waals surface area contributed by atoms with E-state index in [0.717, 1.165) is 23.6 Å². The molecule has 0 amide bonds. The third-order valence-corrected chi connectivity index (χ3v) is 4.76. The highest BCUT2D eigenvalue weighted by Gasteiger charge is 2.16. The van der Waals surface area contributed by atoms with Gasteiger partial charge in [0.1, 0.15) is 0 Å². The van der Waals surface area contributed by atoms with E-state index in [1.807, 2.05) is 24.3 Å². The molecule has 21 heavy (non-hydrogen) atoms. The van der Waals surface area contributed by atoms with Gasteiger partial charge in [-0.3, -0.25) is 9.79 Å². The molecule has 1 aliphatic rings. The van der Waals surface area contributed by atoms with Crippen molar-refractivity contribution in [1.29, 1.82) is 0 Å². The fraction of sp³-hybridized carbons (Fsp3) is 0.176. The lowest BCUT2D eigenvalue weighted by Gasteiger charge is -2.15. The Morgan fingerprint density at radius 2 is 1.90 bits per heavy atom. The SMILES string of the molecule is O=C(CSC1=NCCc2ccccc21)c1ccccc1Cl. The predicted octanol–water partition coefficient (Wildman–Crippen LogP) is 4.26. The number of carbonyl (C=O) groups excluding carboxylic acids is 1. The Morgan fingerprint density at radius 1 is 1.14 bits per heavy atom. The molecule has 0 atom stereocenters. The number of benzene rings is 2. The molecule has 0 saturated heterocycles. The van der Waals surface area contributed by atoms with Crippen LogP contribution in [0.5, 0.6) is 0 Å². The predicted molar refractivity (Wildman–Crippen MR) is 89.8 cm³/mol. The Bertz CT molecular complexity index is 711. The number of hydrogen-bond donors (Lipinski definition) is 0.